The van der Waals surface area contributed by atoms with Gasteiger partial charge in [-0.2, -0.15) is 0 Å². The topological polar surface area (TPSA) is 72.9 Å². The van der Waals surface area contributed by atoms with E-state index in [4.69, 9.17) is 9.47 Å². The normalized spacial score (nSPS) is 10.4. The molecule has 2 aromatic rings. The summed E-state index contributed by atoms with van der Waals surface area (Å²) in [6, 6.07) is 15.9. The van der Waals surface area contributed by atoms with E-state index in [-0.39, 0.29) is 23.1 Å². The van der Waals surface area contributed by atoms with Crippen molar-refractivity contribution in [3.8, 4) is 0 Å². The number of amides is 1. The van der Waals surface area contributed by atoms with Gasteiger partial charge in [0.2, 0.25) is 0 Å². The highest BCUT2D eigenvalue weighted by Crippen LogP contribution is 2.14. The summed E-state index contributed by atoms with van der Waals surface area (Å²) in [6.07, 6.45) is -0.295. The van der Waals surface area contributed by atoms with Gasteiger partial charge in [-0.3, -0.25) is 4.79 Å². The highest BCUT2D eigenvalue weighted by molar-refractivity contribution is 6.05. The summed E-state index contributed by atoms with van der Waals surface area (Å²) in [7, 11) is 1.66. The van der Waals surface area contributed by atoms with Gasteiger partial charge in [0.1, 0.15) is 0 Å². The molecule has 0 aromatic heterocycles. The first-order valence-electron chi connectivity index (χ1n) is 8.63. The summed E-state index contributed by atoms with van der Waals surface area (Å²) in [4.78, 5) is 38.2. The van der Waals surface area contributed by atoms with Crippen molar-refractivity contribution in [2.45, 2.75) is 26.5 Å². The molecule has 0 bridgehead atoms. The molecule has 142 valence electrons. The molecule has 0 aliphatic heterocycles. The molecule has 6 heteroatoms. The number of esters is 2. The zero-order valence-electron chi connectivity index (χ0n) is 15.7. The average molecular weight is 369 g/mol. The van der Waals surface area contributed by atoms with Crippen LogP contribution in [0, 0.1) is 0 Å². The Bertz CT molecular complexity index is 801. The number of benzene rings is 2. The molecular weight excluding hydrogens is 346 g/mol. The highest BCUT2D eigenvalue weighted by atomic mass is 16.6. The van der Waals surface area contributed by atoms with Crippen molar-refractivity contribution in [3.63, 3.8) is 0 Å². The van der Waals surface area contributed by atoms with Crippen LogP contribution in [-0.2, 0) is 20.8 Å². The van der Waals surface area contributed by atoms with Gasteiger partial charge >= 0.3 is 11.9 Å². The van der Waals surface area contributed by atoms with Crippen molar-refractivity contribution in [2.75, 3.05) is 13.7 Å². The first-order valence-corrected chi connectivity index (χ1v) is 8.63. The van der Waals surface area contributed by atoms with Crippen molar-refractivity contribution >= 4 is 17.8 Å². The molecule has 2 rings (SSSR count). The molecule has 2 aromatic carbocycles. The van der Waals surface area contributed by atoms with Gasteiger partial charge in [0.15, 0.2) is 6.61 Å². The summed E-state index contributed by atoms with van der Waals surface area (Å²) < 4.78 is 9.92. The van der Waals surface area contributed by atoms with Gasteiger partial charge in [-0.05, 0) is 31.5 Å². The van der Waals surface area contributed by atoms with Gasteiger partial charge in [0.25, 0.3) is 5.91 Å². The van der Waals surface area contributed by atoms with E-state index in [9.17, 15) is 14.4 Å². The largest absolute Gasteiger partial charge is 0.460 e. The SMILES string of the molecule is CC(C)OC(=O)COC(=O)c1ccccc1C(=O)N(C)Cc1ccccc1. The second kappa shape index (κ2) is 9.52. The molecule has 0 saturated heterocycles. The fourth-order valence-electron chi connectivity index (χ4n) is 2.48. The van der Waals surface area contributed by atoms with Crippen LogP contribution in [0.15, 0.2) is 54.6 Å². The fraction of sp³-hybridized carbons (Fsp3) is 0.286. The van der Waals surface area contributed by atoms with E-state index in [1.165, 1.54) is 11.0 Å². The van der Waals surface area contributed by atoms with Crippen LogP contribution in [0.4, 0.5) is 0 Å². The first-order chi connectivity index (χ1) is 12.9. The molecule has 0 aliphatic rings. The predicted octanol–water partition coefficient (Wildman–Crippen LogP) is 3.07. The molecule has 27 heavy (non-hydrogen) atoms. The van der Waals surface area contributed by atoms with E-state index < -0.39 is 18.5 Å². The Morgan fingerprint density at radius 2 is 1.52 bits per heavy atom. The second-order valence-electron chi connectivity index (χ2n) is 6.31. The summed E-state index contributed by atoms with van der Waals surface area (Å²) in [6.45, 7) is 3.32. The smallest absolute Gasteiger partial charge is 0.344 e. The van der Waals surface area contributed by atoms with Gasteiger partial charge in [-0.25, -0.2) is 9.59 Å². The molecule has 0 N–H and O–H groups in total. The van der Waals surface area contributed by atoms with E-state index in [0.717, 1.165) is 5.56 Å². The van der Waals surface area contributed by atoms with Crippen molar-refractivity contribution in [3.05, 3.63) is 71.3 Å². The summed E-state index contributed by atoms with van der Waals surface area (Å²) in [5.74, 6) is -1.69. The number of hydrogen-bond acceptors (Lipinski definition) is 5. The Labute approximate surface area is 158 Å². The van der Waals surface area contributed by atoms with Crippen LogP contribution < -0.4 is 0 Å². The Hall–Kier alpha value is -3.15. The van der Waals surface area contributed by atoms with Crippen molar-refractivity contribution in [1.29, 1.82) is 0 Å². The maximum atomic E-state index is 12.8. The third kappa shape index (κ3) is 5.95. The van der Waals surface area contributed by atoms with Gasteiger partial charge < -0.3 is 14.4 Å². The standard InChI is InChI=1S/C21H23NO5/c1-15(2)27-19(23)14-26-21(25)18-12-8-7-11-17(18)20(24)22(3)13-16-9-5-4-6-10-16/h4-12,15H,13-14H2,1-3H3. The Morgan fingerprint density at radius 3 is 2.15 bits per heavy atom. The lowest BCUT2D eigenvalue weighted by Crippen LogP contribution is -2.28. The van der Waals surface area contributed by atoms with Crippen LogP contribution in [0.2, 0.25) is 0 Å². The lowest BCUT2D eigenvalue weighted by molar-refractivity contribution is -0.150. The molecule has 6 nitrogen and oxygen atoms in total. The lowest BCUT2D eigenvalue weighted by Gasteiger charge is -2.19. The van der Waals surface area contributed by atoms with Crippen molar-refractivity contribution in [1.82, 2.24) is 4.90 Å². The molecule has 0 fully saturated rings. The Balaban J connectivity index is 2.08. The van der Waals surface area contributed by atoms with E-state index in [2.05, 4.69) is 0 Å². The van der Waals surface area contributed by atoms with E-state index in [1.54, 1.807) is 39.1 Å². The Kier molecular flexibility index (Phi) is 7.11. The molecule has 0 saturated carbocycles. The molecule has 0 spiro atoms. The predicted molar refractivity (Wildman–Crippen MR) is 100 cm³/mol. The number of ether oxygens (including phenoxy) is 2. The van der Waals surface area contributed by atoms with E-state index in [1.807, 2.05) is 30.3 Å². The molecule has 0 unspecified atom stereocenters. The number of rotatable bonds is 7. The van der Waals surface area contributed by atoms with Crippen LogP contribution in [0.5, 0.6) is 0 Å². The molecule has 0 radical (unpaired) electrons. The van der Waals surface area contributed by atoms with Crippen LogP contribution >= 0.6 is 0 Å². The number of carbonyl (C=O) groups excluding carboxylic acids is 3. The van der Waals surface area contributed by atoms with Gasteiger partial charge in [0.05, 0.1) is 17.2 Å². The highest BCUT2D eigenvalue weighted by Gasteiger charge is 2.21. The van der Waals surface area contributed by atoms with Crippen LogP contribution in [0.3, 0.4) is 0 Å². The third-order valence-electron chi connectivity index (χ3n) is 3.67. The number of hydrogen-bond donors (Lipinski definition) is 0. The van der Waals surface area contributed by atoms with E-state index >= 15 is 0 Å². The quantitative estimate of drug-likeness (QED) is 0.702. The summed E-state index contributed by atoms with van der Waals surface area (Å²) in [5, 5.41) is 0. The fourth-order valence-corrected chi connectivity index (χ4v) is 2.48. The zero-order valence-corrected chi connectivity index (χ0v) is 15.7. The van der Waals surface area contributed by atoms with Gasteiger partial charge in [-0.15, -0.1) is 0 Å². The second-order valence-corrected chi connectivity index (χ2v) is 6.31. The summed E-state index contributed by atoms with van der Waals surface area (Å²) in [5.41, 5.74) is 1.31. The minimum Gasteiger partial charge on any atom is -0.460 e. The maximum Gasteiger partial charge on any atom is 0.344 e. The van der Waals surface area contributed by atoms with Crippen LogP contribution in [0.25, 0.3) is 0 Å². The van der Waals surface area contributed by atoms with Crippen LogP contribution in [-0.4, -0.2) is 42.5 Å². The lowest BCUT2D eigenvalue weighted by atomic mass is 10.1. The average Bonchev–Trinajstić information content (AvgIpc) is 2.65. The van der Waals surface area contributed by atoms with Gasteiger partial charge in [0, 0.05) is 13.6 Å². The number of carbonyl (C=O) groups is 3. The molecule has 0 aliphatic carbocycles. The molecule has 0 atom stereocenters. The maximum absolute atomic E-state index is 12.8. The first kappa shape index (κ1) is 20.2. The molecular formula is C21H23NO5. The van der Waals surface area contributed by atoms with Crippen LogP contribution in [0.1, 0.15) is 40.1 Å². The monoisotopic (exact) mass is 369 g/mol. The third-order valence-corrected chi connectivity index (χ3v) is 3.67. The molecule has 1 amide bonds. The Morgan fingerprint density at radius 1 is 0.926 bits per heavy atom. The van der Waals surface area contributed by atoms with Gasteiger partial charge in [-0.1, -0.05) is 42.5 Å². The van der Waals surface area contributed by atoms with E-state index in [0.29, 0.717) is 6.54 Å². The minimum absolute atomic E-state index is 0.111. The summed E-state index contributed by atoms with van der Waals surface area (Å²) >= 11 is 0. The van der Waals surface area contributed by atoms with Crippen molar-refractivity contribution in [2.24, 2.45) is 0 Å². The number of nitrogens with zero attached hydrogens (tertiary/aromatic N) is 1. The zero-order chi connectivity index (χ0) is 19.8. The van der Waals surface area contributed by atoms with Crippen molar-refractivity contribution < 1.29 is 23.9 Å². The minimum atomic E-state index is -0.743. The molecule has 0 heterocycles.